The second-order valence-electron chi connectivity index (χ2n) is 8.27. The van der Waals surface area contributed by atoms with Gasteiger partial charge in [-0.05, 0) is 42.5 Å². The maximum atomic E-state index is 11.3. The van der Waals surface area contributed by atoms with E-state index in [4.69, 9.17) is 9.72 Å². The summed E-state index contributed by atoms with van der Waals surface area (Å²) >= 11 is 0. The summed E-state index contributed by atoms with van der Waals surface area (Å²) in [7, 11) is 0. The summed E-state index contributed by atoms with van der Waals surface area (Å²) in [5.74, 6) is 0.874. The Kier molecular flexibility index (Phi) is 5.05. The van der Waals surface area contributed by atoms with Crippen LogP contribution in [0.4, 0.5) is 10.6 Å². The van der Waals surface area contributed by atoms with Crippen LogP contribution in [-0.2, 0) is 19.5 Å². The van der Waals surface area contributed by atoms with Crippen LogP contribution in [0.1, 0.15) is 27.9 Å². The molecule has 0 unspecified atom stereocenters. The predicted octanol–water partition coefficient (Wildman–Crippen LogP) is 5.32. The fourth-order valence-electron chi connectivity index (χ4n) is 4.62. The number of aromatic nitrogens is 2. The van der Waals surface area contributed by atoms with Crippen LogP contribution in [0, 0.1) is 13.8 Å². The molecule has 4 aromatic rings. The molecular weight excluding hydrogens is 402 g/mol. The second kappa shape index (κ2) is 8.04. The van der Waals surface area contributed by atoms with E-state index >= 15 is 0 Å². The Labute approximate surface area is 186 Å². The maximum absolute atomic E-state index is 11.3. The first kappa shape index (κ1) is 20.1. The highest BCUT2D eigenvalue weighted by Crippen LogP contribution is 2.37. The first-order valence-corrected chi connectivity index (χ1v) is 10.8. The van der Waals surface area contributed by atoms with Crippen LogP contribution in [0.2, 0.25) is 0 Å². The molecule has 32 heavy (non-hydrogen) atoms. The number of anilines is 1. The van der Waals surface area contributed by atoms with Crippen molar-refractivity contribution in [2.45, 2.75) is 33.4 Å². The average molecular weight is 428 g/mol. The SMILES string of the molecule is Cc1c(C)n(Cc2ccccc2)c2c(N3CCc4ccccc4C3)nc(OC(=O)O)cc12. The number of hydrogen-bond acceptors (Lipinski definition) is 4. The average Bonchev–Trinajstić information content (AvgIpc) is 3.03. The molecule has 3 heterocycles. The van der Waals surface area contributed by atoms with E-state index in [9.17, 15) is 9.90 Å². The molecule has 0 fully saturated rings. The van der Waals surface area contributed by atoms with E-state index < -0.39 is 6.16 Å². The van der Waals surface area contributed by atoms with Crippen LogP contribution in [0.3, 0.4) is 0 Å². The van der Waals surface area contributed by atoms with Crippen LogP contribution in [0.5, 0.6) is 5.88 Å². The van der Waals surface area contributed by atoms with E-state index in [0.29, 0.717) is 0 Å². The standard InChI is InChI=1S/C26H25N3O3/c1-17-18(2)29(15-19-8-4-3-5-9-19)24-22(17)14-23(32-26(30)31)27-25(24)28-13-12-20-10-6-7-11-21(20)16-28/h3-11,14H,12-13,15-16H2,1-2H3,(H,30,31). The van der Waals surface area contributed by atoms with Crippen molar-refractivity contribution < 1.29 is 14.6 Å². The molecule has 5 rings (SSSR count). The highest BCUT2D eigenvalue weighted by Gasteiger charge is 2.25. The Hall–Kier alpha value is -3.80. The second-order valence-corrected chi connectivity index (χ2v) is 8.27. The number of benzene rings is 2. The van der Waals surface area contributed by atoms with Crippen LogP contribution in [-0.4, -0.2) is 27.4 Å². The van der Waals surface area contributed by atoms with Crippen LogP contribution < -0.4 is 9.64 Å². The lowest BCUT2D eigenvalue weighted by Gasteiger charge is -2.31. The van der Waals surface area contributed by atoms with E-state index in [1.807, 2.05) is 18.2 Å². The van der Waals surface area contributed by atoms with Gasteiger partial charge in [0.1, 0.15) is 0 Å². The molecule has 2 aromatic heterocycles. The van der Waals surface area contributed by atoms with Gasteiger partial charge >= 0.3 is 6.16 Å². The molecule has 0 atom stereocenters. The number of carbonyl (C=O) groups is 1. The summed E-state index contributed by atoms with van der Waals surface area (Å²) in [6, 6.07) is 20.5. The van der Waals surface area contributed by atoms with Gasteiger partial charge in [0.05, 0.1) is 5.52 Å². The van der Waals surface area contributed by atoms with E-state index in [1.165, 1.54) is 16.7 Å². The number of hydrogen-bond donors (Lipinski definition) is 1. The third-order valence-electron chi connectivity index (χ3n) is 6.38. The van der Waals surface area contributed by atoms with Gasteiger partial charge in [-0.1, -0.05) is 54.6 Å². The van der Waals surface area contributed by atoms with E-state index in [1.54, 1.807) is 6.07 Å². The topological polar surface area (TPSA) is 67.6 Å². The molecule has 1 aliphatic rings. The molecule has 1 N–H and O–H groups in total. The van der Waals surface area contributed by atoms with Gasteiger partial charge in [0.25, 0.3) is 0 Å². The third kappa shape index (κ3) is 3.58. The van der Waals surface area contributed by atoms with Crippen LogP contribution in [0.15, 0.2) is 60.7 Å². The Morgan fingerprint density at radius 2 is 1.78 bits per heavy atom. The lowest BCUT2D eigenvalue weighted by molar-refractivity contribution is 0.142. The molecule has 0 aliphatic carbocycles. The first-order valence-electron chi connectivity index (χ1n) is 10.8. The summed E-state index contributed by atoms with van der Waals surface area (Å²) in [6.07, 6.45) is -0.439. The zero-order valence-corrected chi connectivity index (χ0v) is 18.2. The number of pyridine rings is 1. The number of ether oxygens (including phenoxy) is 1. The third-order valence-corrected chi connectivity index (χ3v) is 6.38. The van der Waals surface area contributed by atoms with Gasteiger partial charge in [0, 0.05) is 36.8 Å². The zero-order valence-electron chi connectivity index (χ0n) is 18.2. The molecule has 0 saturated carbocycles. The molecule has 0 bridgehead atoms. The number of carboxylic acid groups (broad SMARTS) is 1. The highest BCUT2D eigenvalue weighted by molar-refractivity contribution is 5.95. The van der Waals surface area contributed by atoms with Gasteiger partial charge in [-0.25, -0.2) is 4.79 Å². The van der Waals surface area contributed by atoms with E-state index in [0.717, 1.165) is 54.0 Å². The smallest absolute Gasteiger partial charge is 0.449 e. The highest BCUT2D eigenvalue weighted by atomic mass is 16.7. The molecule has 0 radical (unpaired) electrons. The molecule has 2 aromatic carbocycles. The maximum Gasteiger partial charge on any atom is 0.512 e. The molecule has 6 nitrogen and oxygen atoms in total. The lowest BCUT2D eigenvalue weighted by atomic mass is 10.00. The summed E-state index contributed by atoms with van der Waals surface area (Å²) < 4.78 is 7.30. The van der Waals surface area contributed by atoms with E-state index in [-0.39, 0.29) is 5.88 Å². The Balaban J connectivity index is 1.69. The van der Waals surface area contributed by atoms with Crippen molar-refractivity contribution in [3.8, 4) is 5.88 Å². The van der Waals surface area contributed by atoms with Crippen molar-refractivity contribution in [1.29, 1.82) is 0 Å². The molecule has 6 heteroatoms. The quantitative estimate of drug-likeness (QED) is 0.447. The summed E-state index contributed by atoms with van der Waals surface area (Å²) in [4.78, 5) is 18.2. The minimum atomic E-state index is -1.36. The molecule has 0 amide bonds. The fourth-order valence-corrected chi connectivity index (χ4v) is 4.62. The van der Waals surface area contributed by atoms with Crippen molar-refractivity contribution in [3.05, 3.63) is 88.6 Å². The molecule has 162 valence electrons. The van der Waals surface area contributed by atoms with Crippen molar-refractivity contribution in [1.82, 2.24) is 9.55 Å². The normalized spacial score (nSPS) is 13.2. The van der Waals surface area contributed by atoms with Crippen LogP contribution >= 0.6 is 0 Å². The van der Waals surface area contributed by atoms with Crippen molar-refractivity contribution in [2.24, 2.45) is 0 Å². The monoisotopic (exact) mass is 427 g/mol. The minimum absolute atomic E-state index is 0.110. The minimum Gasteiger partial charge on any atom is -0.449 e. The van der Waals surface area contributed by atoms with Crippen molar-refractivity contribution in [3.63, 3.8) is 0 Å². The Morgan fingerprint density at radius 3 is 2.53 bits per heavy atom. The first-order chi connectivity index (χ1) is 15.5. The number of nitrogens with zero attached hydrogens (tertiary/aromatic N) is 3. The molecular formula is C26H25N3O3. The van der Waals surface area contributed by atoms with Gasteiger partial charge in [0.2, 0.25) is 5.88 Å². The van der Waals surface area contributed by atoms with E-state index in [2.05, 4.69) is 59.7 Å². The van der Waals surface area contributed by atoms with Crippen molar-refractivity contribution in [2.75, 3.05) is 11.4 Å². The largest absolute Gasteiger partial charge is 0.512 e. The molecule has 0 spiro atoms. The molecule has 1 aliphatic heterocycles. The molecule has 0 saturated heterocycles. The lowest BCUT2D eigenvalue weighted by Crippen LogP contribution is -2.31. The number of aryl methyl sites for hydroxylation is 1. The zero-order chi connectivity index (χ0) is 22.2. The van der Waals surface area contributed by atoms with Crippen LogP contribution in [0.25, 0.3) is 10.9 Å². The van der Waals surface area contributed by atoms with Gasteiger partial charge in [-0.3, -0.25) is 0 Å². The summed E-state index contributed by atoms with van der Waals surface area (Å²) in [6.45, 7) is 6.42. The van der Waals surface area contributed by atoms with Gasteiger partial charge in [0.15, 0.2) is 5.82 Å². The Morgan fingerprint density at radius 1 is 1.06 bits per heavy atom. The fraction of sp³-hybridized carbons (Fsp3) is 0.231. The summed E-state index contributed by atoms with van der Waals surface area (Å²) in [5, 5.41) is 10.2. The number of fused-ring (bicyclic) bond motifs is 2. The predicted molar refractivity (Wildman–Crippen MR) is 125 cm³/mol. The summed E-state index contributed by atoms with van der Waals surface area (Å²) in [5.41, 5.74) is 7.08. The van der Waals surface area contributed by atoms with Gasteiger partial charge < -0.3 is 19.3 Å². The Bertz CT molecular complexity index is 1310. The van der Waals surface area contributed by atoms with Gasteiger partial charge in [-0.2, -0.15) is 4.98 Å². The van der Waals surface area contributed by atoms with Crippen molar-refractivity contribution >= 4 is 22.9 Å². The number of rotatable bonds is 4. The van der Waals surface area contributed by atoms with Gasteiger partial charge in [-0.15, -0.1) is 0 Å².